The third kappa shape index (κ3) is 2.70. The van der Waals surface area contributed by atoms with Crippen LogP contribution in [0.5, 0.6) is 0 Å². The molecule has 2 fully saturated rings. The van der Waals surface area contributed by atoms with E-state index in [4.69, 9.17) is 10.6 Å². The molecule has 1 aliphatic carbocycles. The Morgan fingerprint density at radius 1 is 1.40 bits per heavy atom. The predicted octanol–water partition coefficient (Wildman–Crippen LogP) is 2.17. The molecular formula is C20H22FN5O3S. The van der Waals surface area contributed by atoms with Crippen molar-refractivity contribution in [2.45, 2.75) is 25.8 Å². The lowest BCUT2D eigenvalue weighted by atomic mass is 9.88. The Morgan fingerprint density at radius 3 is 2.83 bits per heavy atom. The minimum atomic E-state index is -0.508. The molecule has 5 rings (SSSR count). The van der Waals surface area contributed by atoms with E-state index in [2.05, 4.69) is 9.53 Å². The molecule has 0 radical (unpaired) electrons. The van der Waals surface area contributed by atoms with Crippen LogP contribution in [0.25, 0.3) is 21.1 Å². The zero-order valence-electron chi connectivity index (χ0n) is 16.7. The molecule has 0 amide bonds. The van der Waals surface area contributed by atoms with Crippen molar-refractivity contribution >= 4 is 44.1 Å². The van der Waals surface area contributed by atoms with Gasteiger partial charge in [-0.3, -0.25) is 14.0 Å². The lowest BCUT2D eigenvalue weighted by Gasteiger charge is -2.24. The second kappa shape index (κ2) is 6.64. The molecule has 8 nitrogen and oxygen atoms in total. The zero-order chi connectivity index (χ0) is 21.2. The molecule has 30 heavy (non-hydrogen) atoms. The van der Waals surface area contributed by atoms with Gasteiger partial charge in [0.2, 0.25) is 5.43 Å². The number of anilines is 1. The molecule has 1 saturated carbocycles. The van der Waals surface area contributed by atoms with Gasteiger partial charge in [0.25, 0.3) is 5.56 Å². The van der Waals surface area contributed by atoms with E-state index < -0.39 is 22.2 Å². The number of halogens is 1. The normalized spacial score (nSPS) is 23.2. The van der Waals surface area contributed by atoms with E-state index in [1.807, 2.05) is 16.4 Å². The van der Waals surface area contributed by atoms with Crippen LogP contribution in [0.2, 0.25) is 0 Å². The quantitative estimate of drug-likeness (QED) is 0.616. The maximum atomic E-state index is 15.2. The Hall–Kier alpha value is -2.72. The number of H-pyrrole nitrogens is 1. The van der Waals surface area contributed by atoms with Gasteiger partial charge in [0.05, 0.1) is 23.5 Å². The number of hydrogen-bond acceptors (Lipinski definition) is 7. The molecule has 0 spiro atoms. The molecule has 2 aliphatic rings. The van der Waals surface area contributed by atoms with Crippen molar-refractivity contribution in [2.75, 3.05) is 31.6 Å². The largest absolute Gasteiger partial charge is 0.399 e. The maximum Gasteiger partial charge on any atom is 0.271 e. The first-order valence-electron chi connectivity index (χ1n) is 9.82. The van der Waals surface area contributed by atoms with Crippen molar-refractivity contribution in [3.8, 4) is 0 Å². The molecular weight excluding hydrogens is 409 g/mol. The lowest BCUT2D eigenvalue weighted by molar-refractivity contribution is 0.209. The molecule has 1 aliphatic heterocycles. The zero-order valence-corrected chi connectivity index (χ0v) is 17.5. The van der Waals surface area contributed by atoms with Gasteiger partial charge in [-0.15, -0.1) is 0 Å². The summed E-state index contributed by atoms with van der Waals surface area (Å²) in [5.74, 6) is -0.508. The van der Waals surface area contributed by atoms with Crippen LogP contribution in [0, 0.1) is 11.2 Å². The number of benzene rings is 1. The fraction of sp³-hybridized carbons (Fsp3) is 0.450. The Morgan fingerprint density at radius 2 is 2.17 bits per heavy atom. The monoisotopic (exact) mass is 431 g/mol. The van der Waals surface area contributed by atoms with E-state index >= 15 is 4.39 Å². The van der Waals surface area contributed by atoms with Crippen LogP contribution in [0.3, 0.4) is 0 Å². The molecule has 3 aromatic rings. The van der Waals surface area contributed by atoms with E-state index in [1.54, 1.807) is 6.07 Å². The molecule has 158 valence electrons. The van der Waals surface area contributed by atoms with Gasteiger partial charge in [0.15, 0.2) is 0 Å². The molecule has 0 bridgehead atoms. The fourth-order valence-electron chi connectivity index (χ4n) is 4.32. The van der Waals surface area contributed by atoms with E-state index in [1.165, 1.54) is 13.2 Å². The summed E-state index contributed by atoms with van der Waals surface area (Å²) in [6.45, 7) is 3.20. The average Bonchev–Trinajstić information content (AvgIpc) is 3.41. The van der Waals surface area contributed by atoms with Crippen LogP contribution >= 0.6 is 11.5 Å². The summed E-state index contributed by atoms with van der Waals surface area (Å²) in [5, 5.41) is 4.45. The fourth-order valence-corrected chi connectivity index (χ4v) is 5.24. The predicted molar refractivity (Wildman–Crippen MR) is 116 cm³/mol. The first-order valence-corrected chi connectivity index (χ1v) is 10.6. The van der Waals surface area contributed by atoms with Gasteiger partial charge in [0.1, 0.15) is 23.1 Å². The van der Waals surface area contributed by atoms with Crippen LogP contribution in [-0.4, -0.2) is 41.4 Å². The lowest BCUT2D eigenvalue weighted by Crippen LogP contribution is -2.35. The van der Waals surface area contributed by atoms with E-state index in [0.717, 1.165) is 30.1 Å². The number of nitrogens with one attached hydrogen (secondary N) is 1. The van der Waals surface area contributed by atoms with Gasteiger partial charge in [-0.2, -0.15) is 0 Å². The van der Waals surface area contributed by atoms with Crippen LogP contribution in [-0.2, 0) is 4.84 Å². The number of nitrogens with two attached hydrogens (primary N) is 1. The SMILES string of the molecule is CO/N=C1\CN(c2cc3c(cc2F)c(=O)c2c(=O)[nH]sc2n3C2CC2)CC1(C)CN. The first-order chi connectivity index (χ1) is 14.4. The van der Waals surface area contributed by atoms with Crippen LogP contribution in [0.15, 0.2) is 26.9 Å². The molecule has 3 heterocycles. The smallest absolute Gasteiger partial charge is 0.271 e. The number of rotatable bonds is 4. The van der Waals surface area contributed by atoms with Crippen LogP contribution in [0.4, 0.5) is 10.1 Å². The number of aromatic nitrogens is 2. The Bertz CT molecular complexity index is 1320. The molecule has 1 aromatic carbocycles. The van der Waals surface area contributed by atoms with Crippen LogP contribution in [0.1, 0.15) is 25.8 Å². The highest BCUT2D eigenvalue weighted by Gasteiger charge is 2.41. The van der Waals surface area contributed by atoms with Crippen molar-refractivity contribution < 1.29 is 9.23 Å². The van der Waals surface area contributed by atoms with Crippen molar-refractivity contribution in [1.29, 1.82) is 0 Å². The number of hydrogen-bond donors (Lipinski definition) is 2. The Kier molecular flexibility index (Phi) is 4.26. The summed E-state index contributed by atoms with van der Waals surface area (Å²) in [7, 11) is 1.48. The maximum absolute atomic E-state index is 15.2. The average molecular weight is 431 g/mol. The number of nitrogens with zero attached hydrogens (tertiary/aromatic N) is 3. The molecule has 2 aromatic heterocycles. The van der Waals surface area contributed by atoms with E-state index in [-0.39, 0.29) is 16.8 Å². The summed E-state index contributed by atoms with van der Waals surface area (Å²) in [6, 6.07) is 3.19. The molecule has 10 heteroatoms. The number of pyridine rings is 1. The second-order valence-corrected chi connectivity index (χ2v) is 9.10. The summed E-state index contributed by atoms with van der Waals surface area (Å²) in [4.78, 5) is 32.6. The van der Waals surface area contributed by atoms with Crippen molar-refractivity contribution in [2.24, 2.45) is 16.3 Å². The first kappa shape index (κ1) is 19.3. The second-order valence-electron chi connectivity index (χ2n) is 8.31. The third-order valence-electron chi connectivity index (χ3n) is 6.18. The highest BCUT2D eigenvalue weighted by molar-refractivity contribution is 7.12. The number of aromatic amines is 1. The van der Waals surface area contributed by atoms with Gasteiger partial charge in [-0.1, -0.05) is 12.1 Å². The third-order valence-corrected chi connectivity index (χ3v) is 7.06. The summed E-state index contributed by atoms with van der Waals surface area (Å²) < 4.78 is 19.9. The number of oxime groups is 1. The highest BCUT2D eigenvalue weighted by Crippen LogP contribution is 2.41. The Labute approximate surface area is 174 Å². The highest BCUT2D eigenvalue weighted by atomic mass is 32.1. The minimum absolute atomic E-state index is 0.109. The minimum Gasteiger partial charge on any atom is -0.399 e. The van der Waals surface area contributed by atoms with Gasteiger partial charge < -0.3 is 20.0 Å². The topological polar surface area (TPSA) is 106 Å². The summed E-state index contributed by atoms with van der Waals surface area (Å²) in [5.41, 5.74) is 6.49. The van der Waals surface area contributed by atoms with Crippen molar-refractivity contribution in [3.63, 3.8) is 0 Å². The Balaban J connectivity index is 1.74. The molecule has 1 unspecified atom stereocenters. The summed E-state index contributed by atoms with van der Waals surface area (Å²) >= 11 is 1.16. The van der Waals surface area contributed by atoms with Gasteiger partial charge >= 0.3 is 0 Å². The molecule has 3 N–H and O–H groups in total. The standard InChI is InChI=1S/C20H22FN5O3S/c1-20(8-22)9-25(7-15(20)23-29-2)14-6-13-11(5-12(14)21)17(27)16-18(28)24-30-19(16)26(13)10-3-4-10/h5-6,10H,3-4,7-9,22H2,1-2H3,(H,24,28)/b23-15+. The van der Waals surface area contributed by atoms with Crippen molar-refractivity contribution in [1.82, 2.24) is 8.94 Å². The molecule has 1 saturated heterocycles. The van der Waals surface area contributed by atoms with Gasteiger partial charge in [-0.05, 0) is 36.5 Å². The van der Waals surface area contributed by atoms with E-state index in [9.17, 15) is 9.59 Å². The van der Waals surface area contributed by atoms with Crippen molar-refractivity contribution in [3.05, 3.63) is 38.5 Å². The van der Waals surface area contributed by atoms with Gasteiger partial charge in [0, 0.05) is 29.9 Å². The molecule has 1 atom stereocenters. The van der Waals surface area contributed by atoms with Gasteiger partial charge in [-0.25, -0.2) is 4.39 Å². The summed E-state index contributed by atoms with van der Waals surface area (Å²) in [6.07, 6.45) is 1.93. The number of fused-ring (bicyclic) bond motifs is 2. The van der Waals surface area contributed by atoms with Crippen LogP contribution < -0.4 is 21.6 Å². The van der Waals surface area contributed by atoms with E-state index in [0.29, 0.717) is 35.7 Å².